The summed E-state index contributed by atoms with van der Waals surface area (Å²) >= 11 is 0. The van der Waals surface area contributed by atoms with E-state index in [-0.39, 0.29) is 11.7 Å². The zero-order valence-electron chi connectivity index (χ0n) is 22.4. The van der Waals surface area contributed by atoms with Crippen molar-refractivity contribution in [3.8, 4) is 17.3 Å². The molecule has 0 radical (unpaired) electrons. The first kappa shape index (κ1) is 27.9. The highest BCUT2D eigenvalue weighted by atomic mass is 16.5. The SMILES string of the molecule is C=N/C=C(\C=N/CN(CC)CC1Nc2c(N3CCOCC3)nc(-c3ccc(OC)nc3)nc2N1C)C(=O)NO. The van der Waals surface area contributed by atoms with Crippen LogP contribution in [0.2, 0.25) is 0 Å². The number of hydrogen-bond acceptors (Lipinski definition) is 13. The third-order valence-corrected chi connectivity index (χ3v) is 6.48. The number of carbonyl (C=O) groups is 1. The summed E-state index contributed by atoms with van der Waals surface area (Å²) in [5, 5.41) is 12.5. The molecule has 208 valence electrons. The number of fused-ring (bicyclic) bond motifs is 1. The molecule has 2 aromatic heterocycles. The molecule has 39 heavy (non-hydrogen) atoms. The molecule has 14 heteroatoms. The summed E-state index contributed by atoms with van der Waals surface area (Å²) in [6, 6.07) is 3.69. The Balaban J connectivity index is 1.56. The van der Waals surface area contributed by atoms with Gasteiger partial charge < -0.3 is 24.6 Å². The fraction of sp³-hybridized carbons (Fsp3) is 0.440. The van der Waals surface area contributed by atoms with Gasteiger partial charge in [-0.05, 0) is 19.3 Å². The van der Waals surface area contributed by atoms with Crippen LogP contribution < -0.4 is 25.3 Å². The van der Waals surface area contributed by atoms with Crippen LogP contribution in [-0.2, 0) is 9.53 Å². The Morgan fingerprint density at radius 1 is 1.36 bits per heavy atom. The minimum absolute atomic E-state index is 0.0954. The second-order valence-electron chi connectivity index (χ2n) is 8.86. The van der Waals surface area contributed by atoms with Crippen molar-refractivity contribution in [2.45, 2.75) is 13.1 Å². The summed E-state index contributed by atoms with van der Waals surface area (Å²) < 4.78 is 10.8. The number of ether oxygens (including phenoxy) is 2. The summed E-state index contributed by atoms with van der Waals surface area (Å²) in [5.41, 5.74) is 3.34. The van der Waals surface area contributed by atoms with E-state index in [4.69, 9.17) is 24.6 Å². The Morgan fingerprint density at radius 3 is 2.77 bits per heavy atom. The smallest absolute Gasteiger partial charge is 0.277 e. The second kappa shape index (κ2) is 13.1. The minimum atomic E-state index is -0.709. The highest BCUT2D eigenvalue weighted by Gasteiger charge is 2.34. The van der Waals surface area contributed by atoms with E-state index in [1.165, 1.54) is 12.4 Å². The number of aromatic nitrogens is 3. The average molecular weight is 539 g/mol. The lowest BCUT2D eigenvalue weighted by Gasteiger charge is -2.29. The molecule has 0 aliphatic carbocycles. The number of rotatable bonds is 11. The normalized spacial score (nSPS) is 17.4. The third-order valence-electron chi connectivity index (χ3n) is 6.48. The van der Waals surface area contributed by atoms with Crippen LogP contribution >= 0.6 is 0 Å². The van der Waals surface area contributed by atoms with Gasteiger partial charge in [0.25, 0.3) is 5.91 Å². The van der Waals surface area contributed by atoms with Gasteiger partial charge in [0.15, 0.2) is 17.5 Å². The third kappa shape index (κ3) is 6.47. The summed E-state index contributed by atoms with van der Waals surface area (Å²) in [4.78, 5) is 40.3. The van der Waals surface area contributed by atoms with Crippen molar-refractivity contribution >= 4 is 36.2 Å². The largest absolute Gasteiger partial charge is 0.481 e. The molecule has 4 rings (SSSR count). The van der Waals surface area contributed by atoms with Gasteiger partial charge >= 0.3 is 0 Å². The van der Waals surface area contributed by atoms with Gasteiger partial charge in [-0.2, -0.15) is 0 Å². The Hall–Kier alpha value is -4.14. The molecule has 14 nitrogen and oxygen atoms in total. The Morgan fingerprint density at radius 2 is 2.13 bits per heavy atom. The van der Waals surface area contributed by atoms with Gasteiger partial charge in [-0.1, -0.05) is 6.92 Å². The maximum absolute atomic E-state index is 11.7. The molecule has 1 amide bonds. The number of aliphatic imine (C=N–C) groups is 2. The monoisotopic (exact) mass is 538 g/mol. The van der Waals surface area contributed by atoms with Gasteiger partial charge in [0.1, 0.15) is 11.9 Å². The lowest BCUT2D eigenvalue weighted by Crippen LogP contribution is -2.44. The van der Waals surface area contributed by atoms with Gasteiger partial charge in [0.05, 0.1) is 32.6 Å². The summed E-state index contributed by atoms with van der Waals surface area (Å²) in [6.45, 7) is 9.76. The van der Waals surface area contributed by atoms with Crippen molar-refractivity contribution in [3.63, 3.8) is 0 Å². The van der Waals surface area contributed by atoms with E-state index in [0.29, 0.717) is 38.1 Å². The molecule has 1 unspecified atom stereocenters. The Kier molecular flexibility index (Phi) is 9.35. The lowest BCUT2D eigenvalue weighted by molar-refractivity contribution is -0.124. The molecule has 1 atom stereocenters. The van der Waals surface area contributed by atoms with Crippen LogP contribution in [-0.4, -0.2) is 110 Å². The molecule has 3 N–H and O–H groups in total. The fourth-order valence-corrected chi connectivity index (χ4v) is 4.27. The number of anilines is 3. The van der Waals surface area contributed by atoms with Gasteiger partial charge in [-0.15, -0.1) is 0 Å². The predicted molar refractivity (Wildman–Crippen MR) is 149 cm³/mol. The number of morpholine rings is 1. The zero-order chi connectivity index (χ0) is 27.8. The van der Waals surface area contributed by atoms with E-state index in [1.807, 2.05) is 20.0 Å². The number of amides is 1. The van der Waals surface area contributed by atoms with E-state index < -0.39 is 5.91 Å². The van der Waals surface area contributed by atoms with E-state index in [2.05, 4.69) is 41.7 Å². The minimum Gasteiger partial charge on any atom is -0.481 e. The predicted octanol–water partition coefficient (Wildman–Crippen LogP) is 1.01. The standard InChI is InChI=1S/C25H34N10O4/c1-5-34(16-27-13-18(12-26-2)25(36)32-37)15-19-29-21-23(33(19)3)30-22(17-6-7-20(38-4)28-14-17)31-24(21)35-8-10-39-11-9-35/h6-7,12-14,19,29,37H,2,5,8-11,15-16H2,1,3-4H3,(H,32,36)/b18-12+,27-13-. The molecule has 2 aliphatic heterocycles. The molecule has 0 saturated carbocycles. The number of carbonyl (C=O) groups excluding carboxylic acids is 1. The molecule has 0 aromatic carbocycles. The van der Waals surface area contributed by atoms with Crippen LogP contribution in [0.25, 0.3) is 11.4 Å². The number of methoxy groups -OCH3 is 1. The van der Waals surface area contributed by atoms with Crippen molar-refractivity contribution in [2.75, 3.05) is 75.3 Å². The van der Waals surface area contributed by atoms with Crippen molar-refractivity contribution < 1.29 is 19.5 Å². The highest BCUT2D eigenvalue weighted by molar-refractivity contribution is 6.11. The van der Waals surface area contributed by atoms with E-state index in [0.717, 1.165) is 42.5 Å². The summed E-state index contributed by atoms with van der Waals surface area (Å²) in [5.74, 6) is 2.01. The van der Waals surface area contributed by atoms with Gasteiger partial charge in [0.2, 0.25) is 5.88 Å². The van der Waals surface area contributed by atoms with Crippen LogP contribution in [0.15, 0.2) is 40.1 Å². The summed E-state index contributed by atoms with van der Waals surface area (Å²) in [7, 11) is 3.57. The molecule has 2 aliphatic rings. The van der Waals surface area contributed by atoms with Crippen molar-refractivity contribution in [1.82, 2.24) is 25.3 Å². The first-order valence-electron chi connectivity index (χ1n) is 12.6. The molecular weight excluding hydrogens is 504 g/mol. The number of hydrogen-bond donors (Lipinski definition) is 3. The van der Waals surface area contributed by atoms with Crippen molar-refractivity contribution in [2.24, 2.45) is 9.98 Å². The van der Waals surface area contributed by atoms with Crippen LogP contribution in [0.1, 0.15) is 6.92 Å². The highest BCUT2D eigenvalue weighted by Crippen LogP contribution is 2.40. The molecule has 2 aromatic rings. The molecule has 0 bridgehead atoms. The van der Waals surface area contributed by atoms with Crippen LogP contribution in [0.3, 0.4) is 0 Å². The fourth-order valence-electron chi connectivity index (χ4n) is 4.27. The second-order valence-corrected chi connectivity index (χ2v) is 8.86. The van der Waals surface area contributed by atoms with Gasteiger partial charge in [-0.25, -0.2) is 20.4 Å². The quantitative estimate of drug-likeness (QED) is 0.163. The zero-order valence-corrected chi connectivity index (χ0v) is 22.4. The van der Waals surface area contributed by atoms with Gasteiger partial charge in [0, 0.05) is 56.9 Å². The van der Waals surface area contributed by atoms with Crippen molar-refractivity contribution in [1.29, 1.82) is 0 Å². The van der Waals surface area contributed by atoms with Crippen LogP contribution in [0.5, 0.6) is 5.88 Å². The van der Waals surface area contributed by atoms with E-state index >= 15 is 0 Å². The number of nitrogens with one attached hydrogen (secondary N) is 2. The first-order valence-corrected chi connectivity index (χ1v) is 12.6. The van der Waals surface area contributed by atoms with Crippen molar-refractivity contribution in [3.05, 3.63) is 30.1 Å². The number of hydroxylamine groups is 1. The van der Waals surface area contributed by atoms with Crippen LogP contribution in [0.4, 0.5) is 17.3 Å². The topological polar surface area (TPSA) is 153 Å². The van der Waals surface area contributed by atoms with Gasteiger partial charge in [-0.3, -0.25) is 24.9 Å². The number of likely N-dealkylation sites (N-methyl/N-ethyl adjacent to an activating group) is 2. The molecule has 1 fully saturated rings. The first-order chi connectivity index (χ1) is 19.0. The maximum Gasteiger partial charge on any atom is 0.277 e. The number of nitrogens with zero attached hydrogens (tertiary/aromatic N) is 8. The molecular formula is C25H34N10O4. The lowest BCUT2D eigenvalue weighted by atomic mass is 10.2. The van der Waals surface area contributed by atoms with E-state index in [9.17, 15) is 4.79 Å². The Bertz CT molecular complexity index is 1210. The summed E-state index contributed by atoms with van der Waals surface area (Å²) in [6.07, 6.45) is 4.21. The Labute approximate surface area is 227 Å². The molecule has 4 heterocycles. The molecule has 1 saturated heterocycles. The average Bonchev–Trinajstić information content (AvgIpc) is 3.30. The molecule has 0 spiro atoms. The maximum atomic E-state index is 11.7. The van der Waals surface area contributed by atoms with Crippen LogP contribution in [0, 0.1) is 0 Å². The number of pyridine rings is 1. The van der Waals surface area contributed by atoms with E-state index in [1.54, 1.807) is 24.9 Å².